The van der Waals surface area contributed by atoms with Crippen molar-refractivity contribution < 1.29 is 14.3 Å². The largest absolute Gasteiger partial charge is 0.458 e. The highest BCUT2D eigenvalue weighted by Crippen LogP contribution is 2.39. The van der Waals surface area contributed by atoms with E-state index in [1.807, 2.05) is 18.2 Å². The molecule has 2 aliphatic rings. The molecule has 0 radical (unpaired) electrons. The highest BCUT2D eigenvalue weighted by atomic mass is 16.5. The van der Waals surface area contributed by atoms with E-state index in [2.05, 4.69) is 17.3 Å². The molecule has 2 saturated heterocycles. The summed E-state index contributed by atoms with van der Waals surface area (Å²) in [6, 6.07) is 9.52. The van der Waals surface area contributed by atoms with E-state index >= 15 is 0 Å². The van der Waals surface area contributed by atoms with E-state index in [0.29, 0.717) is 11.6 Å². The quantitative estimate of drug-likeness (QED) is 0.859. The topological polar surface area (TPSA) is 58.6 Å². The number of ether oxygens (including phenoxy) is 1. The first-order chi connectivity index (χ1) is 10.6. The van der Waals surface area contributed by atoms with Gasteiger partial charge in [-0.2, -0.15) is 0 Å². The molecule has 5 heteroatoms. The molecular formula is C17H22N2O3. The van der Waals surface area contributed by atoms with Gasteiger partial charge in [-0.25, -0.2) is 4.79 Å². The Bertz CT molecular complexity index is 560. The van der Waals surface area contributed by atoms with Crippen molar-refractivity contribution in [2.75, 3.05) is 14.1 Å². The van der Waals surface area contributed by atoms with Crippen molar-refractivity contribution in [2.24, 2.45) is 5.92 Å². The van der Waals surface area contributed by atoms with Crippen LogP contribution in [0, 0.1) is 5.92 Å². The molecule has 5 nitrogen and oxygen atoms in total. The normalized spacial score (nSPS) is 30.8. The average Bonchev–Trinajstić information content (AvgIpc) is 2.78. The number of carbonyl (C=O) groups excluding carboxylic acids is 2. The molecular weight excluding hydrogens is 280 g/mol. The lowest BCUT2D eigenvalue weighted by Crippen LogP contribution is -2.55. The number of benzene rings is 1. The zero-order chi connectivity index (χ0) is 15.7. The van der Waals surface area contributed by atoms with Crippen molar-refractivity contribution in [1.29, 1.82) is 0 Å². The summed E-state index contributed by atoms with van der Waals surface area (Å²) in [5, 5.41) is 2.72. The SMILES string of the molecule is CNC(=O)[C@H]1[C@@H](OC(=O)c2ccccc2)C[C@@H]2CC[C@H]1N2C. The van der Waals surface area contributed by atoms with Crippen LogP contribution in [0.15, 0.2) is 30.3 Å². The molecule has 4 atom stereocenters. The maximum absolute atomic E-state index is 12.3. The highest BCUT2D eigenvalue weighted by molar-refractivity contribution is 5.90. The van der Waals surface area contributed by atoms with E-state index in [1.54, 1.807) is 19.2 Å². The number of nitrogens with zero attached hydrogens (tertiary/aromatic N) is 1. The Morgan fingerprint density at radius 3 is 2.64 bits per heavy atom. The lowest BCUT2D eigenvalue weighted by molar-refractivity contribution is -0.134. The third kappa shape index (κ3) is 2.61. The van der Waals surface area contributed by atoms with Gasteiger partial charge in [-0.3, -0.25) is 9.69 Å². The van der Waals surface area contributed by atoms with Crippen LogP contribution in [0.2, 0.25) is 0 Å². The van der Waals surface area contributed by atoms with Crippen LogP contribution in [0.1, 0.15) is 29.6 Å². The highest BCUT2D eigenvalue weighted by Gasteiger charge is 2.50. The average molecular weight is 302 g/mol. The fourth-order valence-corrected chi connectivity index (χ4v) is 3.83. The zero-order valence-electron chi connectivity index (χ0n) is 13.0. The number of fused-ring (bicyclic) bond motifs is 2. The number of hydrogen-bond acceptors (Lipinski definition) is 4. The van der Waals surface area contributed by atoms with Gasteiger partial charge < -0.3 is 10.1 Å². The summed E-state index contributed by atoms with van der Waals surface area (Å²) >= 11 is 0. The summed E-state index contributed by atoms with van der Waals surface area (Å²) in [6.45, 7) is 0. The van der Waals surface area contributed by atoms with Crippen molar-refractivity contribution in [3.63, 3.8) is 0 Å². The Morgan fingerprint density at radius 1 is 1.23 bits per heavy atom. The number of hydrogen-bond donors (Lipinski definition) is 1. The summed E-state index contributed by atoms with van der Waals surface area (Å²) < 4.78 is 5.72. The number of carbonyl (C=O) groups is 2. The molecule has 2 heterocycles. The third-order valence-corrected chi connectivity index (χ3v) is 5.03. The van der Waals surface area contributed by atoms with Gasteiger partial charge in [-0.15, -0.1) is 0 Å². The first kappa shape index (κ1) is 15.0. The number of piperidine rings is 1. The maximum Gasteiger partial charge on any atom is 0.338 e. The van der Waals surface area contributed by atoms with Gasteiger partial charge in [0.2, 0.25) is 5.91 Å². The minimum atomic E-state index is -0.346. The minimum absolute atomic E-state index is 0.0388. The van der Waals surface area contributed by atoms with Gasteiger partial charge in [0.25, 0.3) is 0 Å². The zero-order valence-corrected chi connectivity index (χ0v) is 13.0. The molecule has 1 amide bonds. The monoisotopic (exact) mass is 302 g/mol. The van der Waals surface area contributed by atoms with Crippen LogP contribution < -0.4 is 5.32 Å². The first-order valence-corrected chi connectivity index (χ1v) is 7.81. The van der Waals surface area contributed by atoms with E-state index in [1.165, 1.54) is 0 Å². The third-order valence-electron chi connectivity index (χ3n) is 5.03. The Morgan fingerprint density at radius 2 is 1.95 bits per heavy atom. The molecule has 1 aromatic carbocycles. The Hall–Kier alpha value is -1.88. The van der Waals surface area contributed by atoms with E-state index < -0.39 is 0 Å². The number of esters is 1. The second-order valence-electron chi connectivity index (χ2n) is 6.15. The molecule has 0 unspecified atom stereocenters. The smallest absolute Gasteiger partial charge is 0.338 e. The molecule has 0 aromatic heterocycles. The molecule has 2 aliphatic heterocycles. The van der Waals surface area contributed by atoms with Gasteiger partial charge in [-0.1, -0.05) is 18.2 Å². The fourth-order valence-electron chi connectivity index (χ4n) is 3.83. The molecule has 1 N–H and O–H groups in total. The standard InChI is InChI=1S/C17H22N2O3/c1-18-16(20)15-13-9-8-12(19(13)2)10-14(15)22-17(21)11-6-4-3-5-7-11/h3-7,12-15H,8-10H2,1-2H3,(H,18,20)/t12-,13+,14-,15+/m0/s1. The molecule has 2 fully saturated rings. The molecule has 1 aromatic rings. The summed E-state index contributed by atoms with van der Waals surface area (Å²) in [5.74, 6) is -0.673. The summed E-state index contributed by atoms with van der Waals surface area (Å²) in [7, 11) is 3.70. The Labute approximate surface area is 130 Å². The van der Waals surface area contributed by atoms with Crippen molar-refractivity contribution in [3.05, 3.63) is 35.9 Å². The van der Waals surface area contributed by atoms with Crippen molar-refractivity contribution >= 4 is 11.9 Å². The first-order valence-electron chi connectivity index (χ1n) is 7.81. The van der Waals surface area contributed by atoms with Gasteiger partial charge in [0.05, 0.1) is 11.5 Å². The summed E-state index contributed by atoms with van der Waals surface area (Å²) in [4.78, 5) is 26.9. The molecule has 118 valence electrons. The maximum atomic E-state index is 12.3. The summed E-state index contributed by atoms with van der Waals surface area (Å²) in [6.07, 6.45) is 2.43. The van der Waals surface area contributed by atoms with E-state index in [4.69, 9.17) is 4.74 Å². The van der Waals surface area contributed by atoms with Crippen LogP contribution in [-0.2, 0) is 9.53 Å². The summed E-state index contributed by atoms with van der Waals surface area (Å²) in [5.41, 5.74) is 0.532. The fraction of sp³-hybridized carbons (Fsp3) is 0.529. The van der Waals surface area contributed by atoms with Crippen LogP contribution in [0.4, 0.5) is 0 Å². The molecule has 3 rings (SSSR count). The van der Waals surface area contributed by atoms with Gasteiger partial charge >= 0.3 is 5.97 Å². The number of nitrogens with one attached hydrogen (secondary N) is 1. The predicted octanol–water partition coefficient (Wildman–Crippen LogP) is 1.44. The minimum Gasteiger partial charge on any atom is -0.458 e. The second kappa shape index (κ2) is 6.08. The van der Waals surface area contributed by atoms with Gasteiger partial charge in [0.1, 0.15) is 6.10 Å². The van der Waals surface area contributed by atoms with Gasteiger partial charge in [0.15, 0.2) is 0 Å². The number of amides is 1. The van der Waals surface area contributed by atoms with Crippen molar-refractivity contribution in [2.45, 2.75) is 37.5 Å². The predicted molar refractivity (Wildman–Crippen MR) is 82.4 cm³/mol. The van der Waals surface area contributed by atoms with E-state index in [-0.39, 0.29) is 29.9 Å². The Kier molecular flexibility index (Phi) is 4.16. The van der Waals surface area contributed by atoms with Crippen LogP contribution in [0.25, 0.3) is 0 Å². The molecule has 22 heavy (non-hydrogen) atoms. The molecule has 0 aliphatic carbocycles. The van der Waals surface area contributed by atoms with Crippen LogP contribution in [-0.4, -0.2) is 49.1 Å². The van der Waals surface area contributed by atoms with Gasteiger partial charge in [-0.05, 0) is 32.0 Å². The van der Waals surface area contributed by atoms with Crippen LogP contribution in [0.5, 0.6) is 0 Å². The van der Waals surface area contributed by atoms with E-state index in [0.717, 1.165) is 19.3 Å². The van der Waals surface area contributed by atoms with Crippen LogP contribution in [0.3, 0.4) is 0 Å². The second-order valence-corrected chi connectivity index (χ2v) is 6.15. The van der Waals surface area contributed by atoms with Crippen molar-refractivity contribution in [1.82, 2.24) is 10.2 Å². The Balaban J connectivity index is 1.79. The van der Waals surface area contributed by atoms with E-state index in [9.17, 15) is 9.59 Å². The lowest BCUT2D eigenvalue weighted by Gasteiger charge is -2.41. The molecule has 2 bridgehead atoms. The van der Waals surface area contributed by atoms with Crippen molar-refractivity contribution in [3.8, 4) is 0 Å². The lowest BCUT2D eigenvalue weighted by atomic mass is 9.86. The number of rotatable bonds is 3. The molecule has 0 saturated carbocycles. The van der Waals surface area contributed by atoms with Crippen LogP contribution >= 0.6 is 0 Å². The van der Waals surface area contributed by atoms with Gasteiger partial charge in [0, 0.05) is 25.6 Å². The molecule has 0 spiro atoms.